The van der Waals surface area contributed by atoms with Crippen LogP contribution in [-0.4, -0.2) is 48.1 Å². The summed E-state index contributed by atoms with van der Waals surface area (Å²) in [6, 6.07) is 7.09. The van der Waals surface area contributed by atoms with Gasteiger partial charge in [0.25, 0.3) is 0 Å². The Morgan fingerprint density at radius 1 is 1.33 bits per heavy atom. The normalized spacial score (nSPS) is 19.2. The number of carboxylic acid groups (broad SMARTS) is 1. The molecule has 1 unspecified atom stereocenters. The first-order valence-electron chi connectivity index (χ1n) is 7.42. The molecule has 1 heterocycles. The number of nitrogens with one attached hydrogen (secondary N) is 1. The Morgan fingerprint density at radius 3 is 2.67 bits per heavy atom. The fourth-order valence-electron chi connectivity index (χ4n) is 2.83. The number of likely N-dealkylation sites (N-methyl/N-ethyl adjacent to an activating group) is 1. The molecule has 0 saturated carbocycles. The highest BCUT2D eigenvalue weighted by atomic mass is 16.4. The van der Waals surface area contributed by atoms with E-state index in [4.69, 9.17) is 5.11 Å². The van der Waals surface area contributed by atoms with Crippen LogP contribution in [0.3, 0.4) is 0 Å². The minimum atomic E-state index is -0.900. The Kier molecular flexibility index (Phi) is 5.33. The topological polar surface area (TPSA) is 69.6 Å². The molecule has 1 aromatic carbocycles. The van der Waals surface area contributed by atoms with Crippen molar-refractivity contribution in [2.75, 3.05) is 26.2 Å². The van der Waals surface area contributed by atoms with E-state index >= 15 is 0 Å². The molecular formula is C16H22N2O3. The lowest BCUT2D eigenvalue weighted by molar-refractivity contribution is -0.122. The summed E-state index contributed by atoms with van der Waals surface area (Å²) < 4.78 is 0. The van der Waals surface area contributed by atoms with Crippen molar-refractivity contribution in [3.63, 3.8) is 0 Å². The van der Waals surface area contributed by atoms with E-state index in [-0.39, 0.29) is 5.91 Å². The Bertz CT molecular complexity index is 499. The summed E-state index contributed by atoms with van der Waals surface area (Å²) in [4.78, 5) is 24.7. The second-order valence-corrected chi connectivity index (χ2v) is 5.45. The monoisotopic (exact) mass is 290 g/mol. The Hall–Kier alpha value is -1.88. The van der Waals surface area contributed by atoms with E-state index in [0.29, 0.717) is 24.6 Å². The lowest BCUT2D eigenvalue weighted by atomic mass is 9.90. The molecule has 1 amide bonds. The fourth-order valence-corrected chi connectivity index (χ4v) is 2.83. The minimum Gasteiger partial charge on any atom is -0.478 e. The lowest BCUT2D eigenvalue weighted by Crippen LogP contribution is -2.41. The number of likely N-dealkylation sites (tertiary alicyclic amines) is 1. The van der Waals surface area contributed by atoms with E-state index in [1.54, 1.807) is 12.1 Å². The smallest absolute Gasteiger partial charge is 0.335 e. The van der Waals surface area contributed by atoms with Crippen LogP contribution in [0.25, 0.3) is 0 Å². The summed E-state index contributed by atoms with van der Waals surface area (Å²) in [7, 11) is 0. The molecule has 1 saturated heterocycles. The highest BCUT2D eigenvalue weighted by Crippen LogP contribution is 2.26. The Morgan fingerprint density at radius 2 is 2.05 bits per heavy atom. The van der Waals surface area contributed by atoms with Crippen molar-refractivity contribution < 1.29 is 14.7 Å². The second-order valence-electron chi connectivity index (χ2n) is 5.45. The van der Waals surface area contributed by atoms with Crippen molar-refractivity contribution in [1.29, 1.82) is 0 Å². The maximum Gasteiger partial charge on any atom is 0.335 e. The van der Waals surface area contributed by atoms with Crippen LogP contribution in [-0.2, 0) is 4.79 Å². The molecule has 5 heteroatoms. The maximum atomic E-state index is 11.7. The number of hydrogen-bond donors (Lipinski definition) is 2. The van der Waals surface area contributed by atoms with E-state index in [0.717, 1.165) is 31.5 Å². The van der Waals surface area contributed by atoms with Gasteiger partial charge >= 0.3 is 5.97 Å². The van der Waals surface area contributed by atoms with E-state index in [2.05, 4.69) is 10.2 Å². The van der Waals surface area contributed by atoms with Crippen LogP contribution < -0.4 is 5.32 Å². The number of aromatic carboxylic acids is 1. The number of piperidine rings is 1. The number of carbonyl (C=O) groups excluding carboxylic acids is 1. The van der Waals surface area contributed by atoms with Gasteiger partial charge in [0.2, 0.25) is 5.91 Å². The number of amides is 1. The van der Waals surface area contributed by atoms with Crippen molar-refractivity contribution in [3.05, 3.63) is 35.4 Å². The van der Waals surface area contributed by atoms with Crippen molar-refractivity contribution in [1.82, 2.24) is 10.2 Å². The molecular weight excluding hydrogens is 268 g/mol. The molecule has 1 atom stereocenters. The van der Waals surface area contributed by atoms with Crippen LogP contribution in [0.2, 0.25) is 0 Å². The van der Waals surface area contributed by atoms with Crippen LogP contribution in [0, 0.1) is 0 Å². The van der Waals surface area contributed by atoms with Crippen molar-refractivity contribution >= 4 is 11.9 Å². The molecule has 5 nitrogen and oxygen atoms in total. The zero-order valence-corrected chi connectivity index (χ0v) is 12.3. The van der Waals surface area contributed by atoms with Crippen molar-refractivity contribution in [3.8, 4) is 0 Å². The fraction of sp³-hybridized carbons (Fsp3) is 0.500. The molecule has 21 heavy (non-hydrogen) atoms. The average molecular weight is 290 g/mol. The van der Waals surface area contributed by atoms with Gasteiger partial charge in [0.1, 0.15) is 0 Å². The van der Waals surface area contributed by atoms with E-state index in [9.17, 15) is 9.59 Å². The summed E-state index contributed by atoms with van der Waals surface area (Å²) in [6.07, 6.45) is 2.14. The van der Waals surface area contributed by atoms with Crippen LogP contribution in [0.4, 0.5) is 0 Å². The predicted octanol–water partition coefficient (Wildman–Crippen LogP) is 1.70. The summed E-state index contributed by atoms with van der Waals surface area (Å²) in [5.41, 5.74) is 1.47. The first-order valence-corrected chi connectivity index (χ1v) is 7.42. The molecule has 1 aromatic rings. The number of carbonyl (C=O) groups is 2. The molecule has 114 valence electrons. The number of nitrogens with zero attached hydrogens (tertiary/aromatic N) is 1. The molecule has 1 aliphatic heterocycles. The number of benzene rings is 1. The summed E-state index contributed by atoms with van der Waals surface area (Å²) in [5, 5.41) is 11.7. The zero-order valence-electron chi connectivity index (χ0n) is 12.3. The number of hydrogen-bond acceptors (Lipinski definition) is 3. The molecule has 0 spiro atoms. The van der Waals surface area contributed by atoms with Gasteiger partial charge in [0, 0.05) is 13.1 Å². The van der Waals surface area contributed by atoms with Gasteiger partial charge in [-0.3, -0.25) is 9.69 Å². The molecule has 2 rings (SSSR count). The number of carboxylic acids is 1. The second kappa shape index (κ2) is 7.22. The third-order valence-electron chi connectivity index (χ3n) is 3.88. The van der Waals surface area contributed by atoms with Crippen LogP contribution >= 0.6 is 0 Å². The van der Waals surface area contributed by atoms with Gasteiger partial charge in [-0.05, 0) is 49.9 Å². The van der Waals surface area contributed by atoms with Gasteiger partial charge < -0.3 is 10.4 Å². The molecule has 0 aromatic heterocycles. The van der Waals surface area contributed by atoms with Crippen LogP contribution in [0.15, 0.2) is 24.3 Å². The van der Waals surface area contributed by atoms with Crippen LogP contribution in [0.5, 0.6) is 0 Å². The molecule has 2 N–H and O–H groups in total. The Balaban J connectivity index is 1.97. The first kappa shape index (κ1) is 15.5. The standard InChI is InChI=1S/C16H22N2O3/c1-2-17-15(19)11-18-9-3-4-14(10-18)12-5-7-13(8-6-12)16(20)21/h5-8,14H,2-4,9-11H2,1H3,(H,17,19)(H,20,21). The molecule has 0 radical (unpaired) electrons. The molecule has 0 bridgehead atoms. The highest BCUT2D eigenvalue weighted by Gasteiger charge is 2.22. The highest BCUT2D eigenvalue weighted by molar-refractivity contribution is 5.87. The average Bonchev–Trinajstić information content (AvgIpc) is 2.48. The molecule has 1 aliphatic rings. The van der Waals surface area contributed by atoms with Gasteiger partial charge in [-0.25, -0.2) is 4.79 Å². The van der Waals surface area contributed by atoms with Crippen molar-refractivity contribution in [2.45, 2.75) is 25.7 Å². The lowest BCUT2D eigenvalue weighted by Gasteiger charge is -2.32. The number of rotatable bonds is 5. The van der Waals surface area contributed by atoms with Crippen LogP contribution in [0.1, 0.15) is 41.6 Å². The molecule has 0 aliphatic carbocycles. The third kappa shape index (κ3) is 4.29. The SMILES string of the molecule is CCNC(=O)CN1CCCC(c2ccc(C(=O)O)cc2)C1. The van der Waals surface area contributed by atoms with Gasteiger partial charge in [-0.1, -0.05) is 12.1 Å². The summed E-state index contributed by atoms with van der Waals surface area (Å²) >= 11 is 0. The van der Waals surface area contributed by atoms with Gasteiger partial charge in [-0.2, -0.15) is 0 Å². The zero-order chi connectivity index (χ0) is 15.2. The largest absolute Gasteiger partial charge is 0.478 e. The minimum absolute atomic E-state index is 0.0689. The summed E-state index contributed by atoms with van der Waals surface area (Å²) in [5.74, 6) is -0.460. The van der Waals surface area contributed by atoms with Crippen molar-refractivity contribution in [2.24, 2.45) is 0 Å². The van der Waals surface area contributed by atoms with Gasteiger partial charge in [0.05, 0.1) is 12.1 Å². The quantitative estimate of drug-likeness (QED) is 0.866. The van der Waals surface area contributed by atoms with Gasteiger partial charge in [0.15, 0.2) is 0 Å². The first-order chi connectivity index (χ1) is 10.1. The molecule has 1 fully saturated rings. The third-order valence-corrected chi connectivity index (χ3v) is 3.88. The summed E-state index contributed by atoms with van der Waals surface area (Å²) in [6.45, 7) is 4.82. The predicted molar refractivity (Wildman–Crippen MR) is 80.5 cm³/mol. The Labute approximate surface area is 125 Å². The van der Waals surface area contributed by atoms with E-state index < -0.39 is 5.97 Å². The van der Waals surface area contributed by atoms with Gasteiger partial charge in [-0.15, -0.1) is 0 Å². The maximum absolute atomic E-state index is 11.7. The van der Waals surface area contributed by atoms with E-state index in [1.165, 1.54) is 0 Å². The van der Waals surface area contributed by atoms with E-state index in [1.807, 2.05) is 19.1 Å².